The van der Waals surface area contributed by atoms with Gasteiger partial charge >= 0.3 is 29.6 Å². The van der Waals surface area contributed by atoms with Crippen molar-refractivity contribution in [1.82, 2.24) is 4.98 Å². The molecule has 2 N–H and O–H groups in total. The summed E-state index contributed by atoms with van der Waals surface area (Å²) >= 11 is 1.55. The quantitative estimate of drug-likeness (QED) is 0.481. The van der Waals surface area contributed by atoms with E-state index in [0.717, 1.165) is 45.3 Å². The zero-order valence-corrected chi connectivity index (χ0v) is 19.9. The average molecular weight is 449 g/mol. The molecule has 1 aliphatic carbocycles. The fourth-order valence-electron chi connectivity index (χ4n) is 3.70. The van der Waals surface area contributed by atoms with E-state index in [9.17, 15) is 24.5 Å². The summed E-state index contributed by atoms with van der Waals surface area (Å²) in [5, 5.41) is 30.7. The molecule has 0 spiro atoms. The van der Waals surface area contributed by atoms with Crippen molar-refractivity contribution in [2.24, 2.45) is 0 Å². The van der Waals surface area contributed by atoms with Gasteiger partial charge in [0.2, 0.25) is 0 Å². The Morgan fingerprint density at radius 2 is 2.00 bits per heavy atom. The summed E-state index contributed by atoms with van der Waals surface area (Å²) < 4.78 is 14.6. The molecular formula is C23H21FNNaO4S. The van der Waals surface area contributed by atoms with E-state index in [1.165, 1.54) is 12.1 Å². The first kappa shape index (κ1) is 24.0. The molecule has 0 bridgehead atoms. The number of fused-ring (bicyclic) bond motifs is 1. The number of nitrogens with zero attached hydrogens (tertiary/aromatic N) is 1. The number of carbonyl (C=O) groups is 1. The van der Waals surface area contributed by atoms with E-state index in [-0.39, 0.29) is 41.8 Å². The van der Waals surface area contributed by atoms with Crippen LogP contribution in [0.2, 0.25) is 0 Å². The van der Waals surface area contributed by atoms with Gasteiger partial charge in [-0.15, -0.1) is 11.3 Å². The molecule has 156 valence electrons. The van der Waals surface area contributed by atoms with Gasteiger partial charge in [-0.2, -0.15) is 0 Å². The molecule has 1 saturated carbocycles. The Labute approximate surface area is 205 Å². The van der Waals surface area contributed by atoms with Crippen molar-refractivity contribution < 1.29 is 54.1 Å². The van der Waals surface area contributed by atoms with Crippen molar-refractivity contribution in [3.8, 4) is 11.1 Å². The minimum Gasteiger partial charge on any atom is -0.550 e. The van der Waals surface area contributed by atoms with Gasteiger partial charge in [-0.05, 0) is 53.6 Å². The maximum Gasteiger partial charge on any atom is 1.00 e. The van der Waals surface area contributed by atoms with E-state index < -0.39 is 24.6 Å². The van der Waals surface area contributed by atoms with Crippen molar-refractivity contribution >= 4 is 33.6 Å². The number of halogens is 1. The Hall–Kier alpha value is -1.61. The molecule has 3 aromatic rings. The Kier molecular flexibility index (Phi) is 8.02. The first-order valence-corrected chi connectivity index (χ1v) is 10.7. The van der Waals surface area contributed by atoms with Crippen molar-refractivity contribution in [3.05, 3.63) is 58.9 Å². The van der Waals surface area contributed by atoms with Gasteiger partial charge in [-0.3, -0.25) is 0 Å². The molecule has 1 aromatic heterocycles. The van der Waals surface area contributed by atoms with Crippen LogP contribution in [0.4, 0.5) is 4.39 Å². The second-order valence-corrected chi connectivity index (χ2v) is 8.51. The number of carboxylic acids is 1. The van der Waals surface area contributed by atoms with Crippen molar-refractivity contribution in [1.29, 1.82) is 0 Å². The third-order valence-corrected chi connectivity index (χ3v) is 6.03. The minimum atomic E-state index is -1.36. The first-order valence-electron chi connectivity index (χ1n) is 9.82. The second kappa shape index (κ2) is 10.3. The SMILES string of the molecule is O=C([O-])C[C@H](O)C[C@H](O)/C=C/c1c(C2CC2)cc2scnc2c1-c1ccc(F)cc1.[Na+]. The summed E-state index contributed by atoms with van der Waals surface area (Å²) in [6.07, 6.45) is 2.71. The summed E-state index contributed by atoms with van der Waals surface area (Å²) in [5.74, 6) is -1.25. The monoisotopic (exact) mass is 449 g/mol. The zero-order valence-electron chi connectivity index (χ0n) is 17.1. The fraction of sp³-hybridized carbons (Fsp3) is 0.304. The zero-order chi connectivity index (χ0) is 21.3. The molecule has 2 aromatic carbocycles. The van der Waals surface area contributed by atoms with E-state index in [4.69, 9.17) is 0 Å². The molecule has 0 saturated heterocycles. The summed E-state index contributed by atoms with van der Waals surface area (Å²) in [6.45, 7) is 0. The standard InChI is InChI=1S/C23H22FNO4S.Na/c24-15-5-3-14(4-6-15)22-18(8-7-16(26)9-17(27)10-21(28)29)19(13-1-2-13)11-20-23(22)25-12-30-20;/h3-8,11-13,16-17,26-27H,1-2,9-10H2,(H,28,29);/q;+1/p-1/b8-7+;/t16-,17-;/m1./s1. The number of benzene rings is 2. The van der Waals surface area contributed by atoms with Gasteiger partial charge in [-0.25, -0.2) is 9.37 Å². The molecule has 2 atom stereocenters. The number of thiazole rings is 1. The molecule has 1 heterocycles. The molecule has 1 fully saturated rings. The van der Waals surface area contributed by atoms with Gasteiger partial charge in [0.05, 0.1) is 27.9 Å². The largest absolute Gasteiger partial charge is 1.00 e. The second-order valence-electron chi connectivity index (χ2n) is 7.63. The number of aromatic nitrogens is 1. The van der Waals surface area contributed by atoms with Gasteiger partial charge in [0.15, 0.2) is 0 Å². The Balaban J connectivity index is 0.00000272. The maximum atomic E-state index is 13.5. The van der Waals surface area contributed by atoms with Crippen molar-refractivity contribution in [2.75, 3.05) is 0 Å². The molecule has 0 radical (unpaired) electrons. The predicted molar refractivity (Wildman–Crippen MR) is 112 cm³/mol. The van der Waals surface area contributed by atoms with E-state index in [2.05, 4.69) is 11.1 Å². The minimum absolute atomic E-state index is 0. The van der Waals surface area contributed by atoms with Crippen LogP contribution in [0.3, 0.4) is 0 Å². The molecule has 31 heavy (non-hydrogen) atoms. The third kappa shape index (κ3) is 5.80. The van der Waals surface area contributed by atoms with Crippen molar-refractivity contribution in [3.63, 3.8) is 0 Å². The molecule has 5 nitrogen and oxygen atoms in total. The van der Waals surface area contributed by atoms with Gasteiger partial charge in [0, 0.05) is 24.4 Å². The molecule has 8 heteroatoms. The van der Waals surface area contributed by atoms with Crippen LogP contribution in [0.5, 0.6) is 0 Å². The molecular weight excluding hydrogens is 428 g/mol. The number of carbonyl (C=O) groups excluding carboxylic acids is 1. The average Bonchev–Trinajstić information content (AvgIpc) is 3.43. The van der Waals surface area contributed by atoms with E-state index >= 15 is 0 Å². The van der Waals surface area contributed by atoms with Crippen LogP contribution in [0.1, 0.15) is 42.7 Å². The summed E-state index contributed by atoms with van der Waals surface area (Å²) in [7, 11) is 0. The van der Waals surface area contributed by atoms with Crippen molar-refractivity contribution in [2.45, 2.75) is 43.8 Å². The number of rotatable bonds is 8. The van der Waals surface area contributed by atoms with Gasteiger partial charge in [-0.1, -0.05) is 24.3 Å². The van der Waals surface area contributed by atoms with Crippen LogP contribution in [0.25, 0.3) is 27.4 Å². The molecule has 0 aliphatic heterocycles. The van der Waals surface area contributed by atoms with E-state index in [1.54, 1.807) is 35.1 Å². The molecule has 0 amide bonds. The van der Waals surface area contributed by atoms with Crippen LogP contribution in [0.15, 0.2) is 41.9 Å². The molecule has 4 rings (SSSR count). The van der Waals surface area contributed by atoms with Crippen LogP contribution >= 0.6 is 11.3 Å². The van der Waals surface area contributed by atoms with Crippen LogP contribution < -0.4 is 34.7 Å². The Morgan fingerprint density at radius 3 is 2.65 bits per heavy atom. The summed E-state index contributed by atoms with van der Waals surface area (Å²) in [6, 6.07) is 8.40. The fourth-order valence-corrected chi connectivity index (χ4v) is 4.43. The molecule has 1 aliphatic rings. The van der Waals surface area contributed by atoms with Crippen LogP contribution in [-0.4, -0.2) is 33.4 Å². The molecule has 0 unspecified atom stereocenters. The first-order chi connectivity index (χ1) is 14.4. The van der Waals surface area contributed by atoms with Gasteiger partial charge in [0.25, 0.3) is 0 Å². The summed E-state index contributed by atoms with van der Waals surface area (Å²) in [4.78, 5) is 15.1. The van der Waals surface area contributed by atoms with E-state index in [0.29, 0.717) is 5.92 Å². The van der Waals surface area contributed by atoms with E-state index in [1.807, 2.05) is 6.08 Å². The van der Waals surface area contributed by atoms with Crippen LogP contribution in [0, 0.1) is 5.82 Å². The van der Waals surface area contributed by atoms with Gasteiger partial charge in [0.1, 0.15) is 5.82 Å². The smallest absolute Gasteiger partial charge is 0.550 e. The topological polar surface area (TPSA) is 93.5 Å². The normalized spacial score (nSPS) is 15.7. The number of aliphatic hydroxyl groups is 2. The predicted octanol–water partition coefficient (Wildman–Crippen LogP) is 0.249. The number of aliphatic hydroxyl groups excluding tert-OH is 2. The maximum absolute atomic E-state index is 13.5. The number of carboxylic acid groups (broad SMARTS) is 1. The number of aliphatic carboxylic acids is 1. The Bertz CT molecular complexity index is 1090. The third-order valence-electron chi connectivity index (χ3n) is 5.25. The van der Waals surface area contributed by atoms with Gasteiger partial charge < -0.3 is 20.1 Å². The number of hydrogen-bond donors (Lipinski definition) is 2. The number of hydrogen-bond acceptors (Lipinski definition) is 6. The Morgan fingerprint density at radius 1 is 1.29 bits per heavy atom. The summed E-state index contributed by atoms with van der Waals surface area (Å²) in [5.41, 5.74) is 6.39. The van der Waals surface area contributed by atoms with Crippen LogP contribution in [-0.2, 0) is 4.79 Å².